The number of carbonyl (C=O) groups excluding carboxylic acids is 1. The third-order valence-corrected chi connectivity index (χ3v) is 4.77. The average molecular weight is 319 g/mol. The normalized spacial score (nSPS) is 29.7. The van der Waals surface area contributed by atoms with Gasteiger partial charge in [0, 0.05) is 12.1 Å². The SMILES string of the molecule is O=C(NCc1cccc(C(F)F)c1)C12CC(C(F)(F)F)(C1)C2. The van der Waals surface area contributed by atoms with Crippen molar-refractivity contribution in [2.75, 3.05) is 0 Å². The Hall–Kier alpha value is -1.66. The largest absolute Gasteiger partial charge is 0.394 e. The molecule has 0 radical (unpaired) electrons. The van der Waals surface area contributed by atoms with E-state index in [9.17, 15) is 26.7 Å². The van der Waals surface area contributed by atoms with Crippen LogP contribution in [0.3, 0.4) is 0 Å². The molecule has 3 fully saturated rings. The van der Waals surface area contributed by atoms with Gasteiger partial charge in [-0.3, -0.25) is 4.79 Å². The number of rotatable bonds is 4. The summed E-state index contributed by atoms with van der Waals surface area (Å²) < 4.78 is 63.3. The van der Waals surface area contributed by atoms with E-state index < -0.39 is 29.3 Å². The van der Waals surface area contributed by atoms with Crippen LogP contribution < -0.4 is 5.32 Å². The lowest BCUT2D eigenvalue weighted by Gasteiger charge is -2.69. The first-order valence-corrected chi connectivity index (χ1v) is 6.90. The Morgan fingerprint density at radius 1 is 1.23 bits per heavy atom. The number of alkyl halides is 5. The van der Waals surface area contributed by atoms with E-state index in [1.165, 1.54) is 18.2 Å². The fraction of sp³-hybridized carbons (Fsp3) is 0.533. The summed E-state index contributed by atoms with van der Waals surface area (Å²) in [6.07, 6.45) is -7.33. The van der Waals surface area contributed by atoms with E-state index in [1.54, 1.807) is 6.07 Å². The second-order valence-corrected chi connectivity index (χ2v) is 6.32. The molecule has 0 spiro atoms. The molecule has 4 rings (SSSR count). The number of amides is 1. The van der Waals surface area contributed by atoms with Crippen LogP contribution in [-0.2, 0) is 11.3 Å². The lowest BCUT2D eigenvalue weighted by atomic mass is 9.34. The van der Waals surface area contributed by atoms with Gasteiger partial charge in [0.25, 0.3) is 6.43 Å². The lowest BCUT2D eigenvalue weighted by molar-refractivity contribution is -0.351. The van der Waals surface area contributed by atoms with Gasteiger partial charge in [0.15, 0.2) is 0 Å². The van der Waals surface area contributed by atoms with Crippen LogP contribution in [-0.4, -0.2) is 12.1 Å². The highest BCUT2D eigenvalue weighted by Gasteiger charge is 2.80. The van der Waals surface area contributed by atoms with Gasteiger partial charge in [0.1, 0.15) is 0 Å². The Morgan fingerprint density at radius 3 is 2.41 bits per heavy atom. The molecule has 0 unspecified atom stereocenters. The van der Waals surface area contributed by atoms with Gasteiger partial charge < -0.3 is 5.32 Å². The number of nitrogens with one attached hydrogen (secondary N) is 1. The summed E-state index contributed by atoms with van der Waals surface area (Å²) in [5.41, 5.74) is -2.22. The highest BCUT2D eigenvalue weighted by Crippen LogP contribution is 2.78. The summed E-state index contributed by atoms with van der Waals surface area (Å²) >= 11 is 0. The monoisotopic (exact) mass is 319 g/mol. The van der Waals surface area contributed by atoms with Crippen molar-refractivity contribution in [1.29, 1.82) is 0 Å². The number of hydrogen-bond donors (Lipinski definition) is 1. The Labute approximate surface area is 123 Å². The summed E-state index contributed by atoms with van der Waals surface area (Å²) in [5.74, 6) is -0.416. The summed E-state index contributed by atoms with van der Waals surface area (Å²) in [4.78, 5) is 12.0. The molecule has 7 heteroatoms. The molecule has 2 nitrogen and oxygen atoms in total. The third-order valence-electron chi connectivity index (χ3n) is 4.77. The van der Waals surface area contributed by atoms with E-state index in [0.29, 0.717) is 5.56 Å². The van der Waals surface area contributed by atoms with Crippen LogP contribution >= 0.6 is 0 Å². The molecule has 0 aliphatic heterocycles. The van der Waals surface area contributed by atoms with Crippen LogP contribution in [0.2, 0.25) is 0 Å². The van der Waals surface area contributed by atoms with Gasteiger partial charge in [-0.1, -0.05) is 18.2 Å². The van der Waals surface area contributed by atoms with Crippen molar-refractivity contribution in [3.8, 4) is 0 Å². The quantitative estimate of drug-likeness (QED) is 0.836. The predicted molar refractivity (Wildman–Crippen MR) is 68.0 cm³/mol. The van der Waals surface area contributed by atoms with Crippen LogP contribution in [0.15, 0.2) is 24.3 Å². The maximum atomic E-state index is 12.7. The minimum absolute atomic E-state index is 0.0418. The number of hydrogen-bond acceptors (Lipinski definition) is 1. The molecule has 1 N–H and O–H groups in total. The van der Waals surface area contributed by atoms with Crippen LogP contribution in [0.1, 0.15) is 36.8 Å². The Kier molecular flexibility index (Phi) is 3.23. The fourth-order valence-electron chi connectivity index (χ4n) is 3.54. The number of carbonyl (C=O) groups is 1. The second kappa shape index (κ2) is 4.67. The van der Waals surface area contributed by atoms with Crippen LogP contribution in [0, 0.1) is 10.8 Å². The van der Waals surface area contributed by atoms with Gasteiger partial charge >= 0.3 is 6.18 Å². The topological polar surface area (TPSA) is 29.1 Å². The molecule has 1 amide bonds. The highest BCUT2D eigenvalue weighted by molar-refractivity contribution is 5.86. The minimum atomic E-state index is -4.25. The molecule has 3 saturated carbocycles. The standard InChI is InChI=1S/C15H14F5NO/c16-11(17)10-3-1-2-9(4-10)5-21-12(22)13-6-14(7-13,8-13)15(18,19)20/h1-4,11H,5-8H2,(H,21,22). The van der Waals surface area contributed by atoms with Crippen molar-refractivity contribution < 1.29 is 26.7 Å². The van der Waals surface area contributed by atoms with Gasteiger partial charge in [0.05, 0.1) is 10.8 Å². The van der Waals surface area contributed by atoms with E-state index in [0.717, 1.165) is 0 Å². The Balaban J connectivity index is 1.56. The van der Waals surface area contributed by atoms with E-state index >= 15 is 0 Å². The van der Waals surface area contributed by atoms with Crippen molar-refractivity contribution in [3.63, 3.8) is 0 Å². The van der Waals surface area contributed by atoms with E-state index in [2.05, 4.69) is 5.32 Å². The molecule has 1 aromatic rings. The Morgan fingerprint density at radius 2 is 1.86 bits per heavy atom. The third kappa shape index (κ3) is 2.18. The molecule has 0 saturated heterocycles. The van der Waals surface area contributed by atoms with E-state index in [-0.39, 0.29) is 31.4 Å². The molecular formula is C15H14F5NO. The van der Waals surface area contributed by atoms with E-state index in [4.69, 9.17) is 0 Å². The first-order valence-electron chi connectivity index (χ1n) is 6.90. The van der Waals surface area contributed by atoms with Gasteiger partial charge in [-0.05, 0) is 30.9 Å². The molecule has 120 valence electrons. The van der Waals surface area contributed by atoms with Crippen LogP contribution in [0.25, 0.3) is 0 Å². The van der Waals surface area contributed by atoms with Crippen LogP contribution in [0.5, 0.6) is 0 Å². The maximum absolute atomic E-state index is 12.7. The summed E-state index contributed by atoms with van der Waals surface area (Å²) in [6, 6.07) is 5.61. The average Bonchev–Trinajstić information content (AvgIpc) is 2.31. The van der Waals surface area contributed by atoms with Crippen molar-refractivity contribution in [2.24, 2.45) is 10.8 Å². The van der Waals surface area contributed by atoms with Crippen molar-refractivity contribution in [2.45, 2.75) is 38.4 Å². The molecule has 3 aliphatic carbocycles. The molecular weight excluding hydrogens is 305 g/mol. The van der Waals surface area contributed by atoms with E-state index in [1.807, 2.05) is 0 Å². The smallest absolute Gasteiger partial charge is 0.352 e. The number of benzene rings is 1. The highest BCUT2D eigenvalue weighted by atomic mass is 19.4. The van der Waals surface area contributed by atoms with Gasteiger partial charge in [-0.2, -0.15) is 13.2 Å². The predicted octanol–water partition coefficient (Wildman–Crippen LogP) is 3.97. The van der Waals surface area contributed by atoms with Crippen molar-refractivity contribution >= 4 is 5.91 Å². The molecule has 1 aromatic carbocycles. The zero-order valence-electron chi connectivity index (χ0n) is 11.5. The number of halogens is 5. The molecule has 22 heavy (non-hydrogen) atoms. The first-order chi connectivity index (χ1) is 10.2. The summed E-state index contributed by atoms with van der Waals surface area (Å²) in [7, 11) is 0. The van der Waals surface area contributed by atoms with Gasteiger partial charge in [-0.15, -0.1) is 0 Å². The molecule has 0 aromatic heterocycles. The molecule has 2 bridgehead atoms. The van der Waals surface area contributed by atoms with Crippen molar-refractivity contribution in [1.82, 2.24) is 5.32 Å². The fourth-order valence-corrected chi connectivity index (χ4v) is 3.54. The van der Waals surface area contributed by atoms with Crippen LogP contribution in [0.4, 0.5) is 22.0 Å². The Bertz CT molecular complexity index is 590. The zero-order chi connectivity index (χ0) is 16.2. The van der Waals surface area contributed by atoms with Gasteiger partial charge in [-0.25, -0.2) is 8.78 Å². The second-order valence-electron chi connectivity index (χ2n) is 6.32. The molecule has 0 heterocycles. The summed E-state index contributed by atoms with van der Waals surface area (Å²) in [5, 5.41) is 2.56. The van der Waals surface area contributed by atoms with Crippen molar-refractivity contribution in [3.05, 3.63) is 35.4 Å². The molecule has 0 atom stereocenters. The minimum Gasteiger partial charge on any atom is -0.352 e. The maximum Gasteiger partial charge on any atom is 0.394 e. The van der Waals surface area contributed by atoms with Gasteiger partial charge in [0.2, 0.25) is 5.91 Å². The first kappa shape index (κ1) is 15.2. The molecule has 3 aliphatic rings. The zero-order valence-corrected chi connectivity index (χ0v) is 11.5. The summed E-state index contributed by atoms with van der Waals surface area (Å²) in [6.45, 7) is 0.0418. The lowest BCUT2D eigenvalue weighted by Crippen LogP contribution is -2.72.